The first-order valence-electron chi connectivity index (χ1n) is 10.4. The van der Waals surface area contributed by atoms with Crippen molar-refractivity contribution in [3.8, 4) is 12.3 Å². The Morgan fingerprint density at radius 3 is 2.24 bits per heavy atom. The number of halogens is 2. The van der Waals surface area contributed by atoms with Gasteiger partial charge in [-0.1, -0.05) is 43.8 Å². The third-order valence-corrected chi connectivity index (χ3v) is 7.77. The van der Waals surface area contributed by atoms with Crippen LogP contribution in [0, 0.1) is 26.2 Å². The molecule has 0 spiro atoms. The number of sulfonamides is 1. The first kappa shape index (κ1) is 26.0. The minimum Gasteiger partial charge on any atom is -0.461 e. The average molecular weight is 605 g/mol. The number of hydrogen-bond acceptors (Lipinski definition) is 4. The van der Waals surface area contributed by atoms with E-state index in [1.807, 2.05) is 26.0 Å². The Kier molecular flexibility index (Phi) is 8.58. The number of nitrogens with zero attached hydrogens (tertiary/aromatic N) is 1. The maximum atomic E-state index is 13.5. The standard InChI is InChI=1S/C26H23Br2NO4S/c1-4-20-14-21(16-23(28)15-20)17-33-26(30)9-10-29(24-12-18(2)11-19(3)13-24)34(31,32)25-7-5-22(27)6-8-25/h1,5-8,11-16H,9-10,17H2,2-3H3. The highest BCUT2D eigenvalue weighted by atomic mass is 79.9. The summed E-state index contributed by atoms with van der Waals surface area (Å²) >= 11 is 6.71. The molecule has 0 N–H and O–H groups in total. The Morgan fingerprint density at radius 1 is 0.971 bits per heavy atom. The molecule has 0 heterocycles. The molecule has 0 unspecified atom stereocenters. The van der Waals surface area contributed by atoms with E-state index < -0.39 is 16.0 Å². The first-order chi connectivity index (χ1) is 16.1. The summed E-state index contributed by atoms with van der Waals surface area (Å²) in [6.07, 6.45) is 5.34. The zero-order chi connectivity index (χ0) is 24.9. The van der Waals surface area contributed by atoms with Gasteiger partial charge in [0.1, 0.15) is 6.61 Å². The van der Waals surface area contributed by atoms with Crippen molar-refractivity contribution < 1.29 is 17.9 Å². The third-order valence-electron chi connectivity index (χ3n) is 4.94. The van der Waals surface area contributed by atoms with Crippen molar-refractivity contribution in [2.75, 3.05) is 10.8 Å². The van der Waals surface area contributed by atoms with E-state index in [1.54, 1.807) is 36.4 Å². The van der Waals surface area contributed by atoms with Crippen LogP contribution < -0.4 is 4.31 Å². The summed E-state index contributed by atoms with van der Waals surface area (Å²) < 4.78 is 35.2. The molecule has 0 aliphatic rings. The van der Waals surface area contributed by atoms with Crippen LogP contribution in [0.3, 0.4) is 0 Å². The van der Waals surface area contributed by atoms with Gasteiger partial charge in [-0.25, -0.2) is 8.42 Å². The number of aryl methyl sites for hydroxylation is 2. The van der Waals surface area contributed by atoms with Gasteiger partial charge >= 0.3 is 5.97 Å². The number of rotatable bonds is 8. The van der Waals surface area contributed by atoms with Crippen LogP contribution in [-0.2, 0) is 26.2 Å². The second-order valence-corrected chi connectivity index (χ2v) is 11.5. The van der Waals surface area contributed by atoms with Gasteiger partial charge in [0.15, 0.2) is 0 Å². The van der Waals surface area contributed by atoms with Gasteiger partial charge in [-0.05, 0) is 85.1 Å². The van der Waals surface area contributed by atoms with Crippen molar-refractivity contribution in [3.05, 3.63) is 91.9 Å². The summed E-state index contributed by atoms with van der Waals surface area (Å²) in [6.45, 7) is 3.78. The predicted octanol–water partition coefficient (Wildman–Crippen LogP) is 6.14. The molecule has 0 radical (unpaired) electrons. The number of hydrogen-bond donors (Lipinski definition) is 0. The Labute approximate surface area is 217 Å². The van der Waals surface area contributed by atoms with Gasteiger partial charge in [-0.3, -0.25) is 9.10 Å². The van der Waals surface area contributed by atoms with Crippen molar-refractivity contribution in [2.24, 2.45) is 0 Å². The minimum atomic E-state index is -3.91. The normalized spacial score (nSPS) is 11.0. The average Bonchev–Trinajstić information content (AvgIpc) is 2.77. The van der Waals surface area contributed by atoms with Gasteiger partial charge in [-0.2, -0.15) is 0 Å². The zero-order valence-electron chi connectivity index (χ0n) is 18.7. The van der Waals surface area contributed by atoms with E-state index >= 15 is 0 Å². The lowest BCUT2D eigenvalue weighted by molar-refractivity contribution is -0.144. The zero-order valence-corrected chi connectivity index (χ0v) is 22.7. The molecular weight excluding hydrogens is 582 g/mol. The SMILES string of the molecule is C#Cc1cc(Br)cc(COC(=O)CCN(c2cc(C)cc(C)c2)S(=O)(=O)c2ccc(Br)cc2)c1. The predicted molar refractivity (Wildman–Crippen MR) is 141 cm³/mol. The molecule has 0 fully saturated rings. The molecule has 34 heavy (non-hydrogen) atoms. The second kappa shape index (κ2) is 11.2. The Bertz CT molecular complexity index is 1330. The van der Waals surface area contributed by atoms with Crippen LogP contribution in [0.5, 0.6) is 0 Å². The molecule has 0 aliphatic heterocycles. The van der Waals surface area contributed by atoms with Crippen LogP contribution in [0.4, 0.5) is 5.69 Å². The fourth-order valence-electron chi connectivity index (χ4n) is 3.46. The largest absolute Gasteiger partial charge is 0.461 e. The van der Waals surface area contributed by atoms with Gasteiger partial charge in [0.05, 0.1) is 17.0 Å². The highest BCUT2D eigenvalue weighted by Gasteiger charge is 2.26. The monoisotopic (exact) mass is 603 g/mol. The van der Waals surface area contributed by atoms with Crippen LogP contribution >= 0.6 is 31.9 Å². The van der Waals surface area contributed by atoms with Gasteiger partial charge < -0.3 is 4.74 Å². The summed E-state index contributed by atoms with van der Waals surface area (Å²) in [7, 11) is -3.91. The number of terminal acetylenes is 1. The van der Waals surface area contributed by atoms with Crippen molar-refractivity contribution in [2.45, 2.75) is 31.8 Å². The molecule has 0 aliphatic carbocycles. The maximum Gasteiger partial charge on any atom is 0.307 e. The summed E-state index contributed by atoms with van der Waals surface area (Å²) in [5, 5.41) is 0. The molecule has 0 saturated carbocycles. The summed E-state index contributed by atoms with van der Waals surface area (Å²) in [5.41, 5.74) is 3.75. The fraction of sp³-hybridized carbons (Fsp3) is 0.192. The lowest BCUT2D eigenvalue weighted by Crippen LogP contribution is -2.33. The fourth-order valence-corrected chi connectivity index (χ4v) is 5.72. The Balaban J connectivity index is 1.80. The van der Waals surface area contributed by atoms with Gasteiger partial charge in [0.2, 0.25) is 0 Å². The second-order valence-electron chi connectivity index (χ2n) is 7.78. The molecular formula is C26H23Br2NO4S. The van der Waals surface area contributed by atoms with Gasteiger partial charge in [-0.15, -0.1) is 6.42 Å². The number of anilines is 1. The van der Waals surface area contributed by atoms with Crippen LogP contribution in [0.1, 0.15) is 28.7 Å². The molecule has 3 aromatic rings. The van der Waals surface area contributed by atoms with E-state index in [1.165, 1.54) is 16.4 Å². The van der Waals surface area contributed by atoms with Crippen LogP contribution in [-0.4, -0.2) is 20.9 Å². The van der Waals surface area contributed by atoms with Crippen molar-refractivity contribution in [3.63, 3.8) is 0 Å². The van der Waals surface area contributed by atoms with E-state index in [-0.39, 0.29) is 24.5 Å². The summed E-state index contributed by atoms with van der Waals surface area (Å²) in [6, 6.07) is 17.3. The molecule has 5 nitrogen and oxygen atoms in total. The number of carbonyl (C=O) groups is 1. The van der Waals surface area contributed by atoms with E-state index in [2.05, 4.69) is 37.8 Å². The molecule has 0 saturated heterocycles. The number of benzene rings is 3. The lowest BCUT2D eigenvalue weighted by Gasteiger charge is -2.25. The molecule has 0 atom stereocenters. The first-order valence-corrected chi connectivity index (χ1v) is 13.4. The number of ether oxygens (including phenoxy) is 1. The summed E-state index contributed by atoms with van der Waals surface area (Å²) in [4.78, 5) is 12.7. The molecule has 0 amide bonds. The minimum absolute atomic E-state index is 0.0377. The smallest absolute Gasteiger partial charge is 0.307 e. The quantitative estimate of drug-likeness (QED) is 0.229. The Morgan fingerprint density at radius 2 is 1.62 bits per heavy atom. The van der Waals surface area contributed by atoms with Gasteiger partial charge in [0.25, 0.3) is 10.0 Å². The molecule has 0 aromatic heterocycles. The highest BCUT2D eigenvalue weighted by molar-refractivity contribution is 9.10. The molecule has 176 valence electrons. The molecule has 3 rings (SSSR count). The van der Waals surface area contributed by atoms with Crippen LogP contribution in [0.25, 0.3) is 0 Å². The maximum absolute atomic E-state index is 13.5. The van der Waals surface area contributed by atoms with E-state index in [9.17, 15) is 13.2 Å². The van der Waals surface area contributed by atoms with Crippen molar-refractivity contribution in [1.29, 1.82) is 0 Å². The van der Waals surface area contributed by atoms with Gasteiger partial charge in [0, 0.05) is 21.1 Å². The molecule has 0 bridgehead atoms. The van der Waals surface area contributed by atoms with E-state index in [0.29, 0.717) is 11.3 Å². The van der Waals surface area contributed by atoms with E-state index in [4.69, 9.17) is 11.2 Å². The number of carbonyl (C=O) groups excluding carboxylic acids is 1. The Hall–Kier alpha value is -2.60. The van der Waals surface area contributed by atoms with Crippen molar-refractivity contribution >= 4 is 53.5 Å². The van der Waals surface area contributed by atoms with Crippen molar-refractivity contribution in [1.82, 2.24) is 0 Å². The molecule has 3 aromatic carbocycles. The topological polar surface area (TPSA) is 63.7 Å². The summed E-state index contributed by atoms with van der Waals surface area (Å²) in [5.74, 6) is 2.04. The molecule has 8 heteroatoms. The van der Waals surface area contributed by atoms with E-state index in [0.717, 1.165) is 25.6 Å². The highest BCUT2D eigenvalue weighted by Crippen LogP contribution is 2.27. The number of esters is 1. The lowest BCUT2D eigenvalue weighted by atomic mass is 10.1. The van der Waals surface area contributed by atoms with Crippen LogP contribution in [0.2, 0.25) is 0 Å². The third kappa shape index (κ3) is 6.72. The van der Waals surface area contributed by atoms with Crippen LogP contribution in [0.15, 0.2) is 74.5 Å².